The van der Waals surface area contributed by atoms with Gasteiger partial charge in [0.15, 0.2) is 0 Å². The first-order valence-electron chi connectivity index (χ1n) is 10.2. The molecule has 1 fully saturated rings. The summed E-state index contributed by atoms with van der Waals surface area (Å²) in [6.07, 6.45) is 5.87. The molecule has 1 saturated heterocycles. The fourth-order valence-corrected chi connectivity index (χ4v) is 3.38. The van der Waals surface area contributed by atoms with E-state index >= 15 is 0 Å². The van der Waals surface area contributed by atoms with Crippen LogP contribution in [-0.2, 0) is 9.59 Å². The highest BCUT2D eigenvalue weighted by Gasteiger charge is 2.29. The van der Waals surface area contributed by atoms with E-state index in [-0.39, 0.29) is 17.2 Å². The molecule has 0 spiro atoms. The number of nitrogens with one attached hydrogen (secondary N) is 1. The van der Waals surface area contributed by atoms with Gasteiger partial charge < -0.3 is 20.4 Å². The molecule has 0 bridgehead atoms. The number of carbonyl (C=O) groups is 2. The van der Waals surface area contributed by atoms with E-state index in [1.807, 2.05) is 47.1 Å². The number of fused-ring (bicyclic) bond motifs is 1. The van der Waals surface area contributed by atoms with E-state index in [1.54, 1.807) is 24.0 Å². The Morgan fingerprint density at radius 1 is 1.23 bits per heavy atom. The SMILES string of the molecule is CCN=C(C(=O)Nc1ccn2cc(-c3ccccc3)nc2c1)C(=CN)C(=O)N1CCC1. The van der Waals surface area contributed by atoms with Gasteiger partial charge in [0, 0.05) is 55.5 Å². The third-order valence-electron chi connectivity index (χ3n) is 5.11. The first-order chi connectivity index (χ1) is 15.1. The minimum absolute atomic E-state index is 0.0371. The third kappa shape index (κ3) is 4.18. The fourth-order valence-electron chi connectivity index (χ4n) is 3.38. The third-order valence-corrected chi connectivity index (χ3v) is 5.11. The van der Waals surface area contributed by atoms with E-state index in [0.717, 1.165) is 17.7 Å². The van der Waals surface area contributed by atoms with Crippen molar-refractivity contribution in [2.45, 2.75) is 13.3 Å². The number of amides is 2. The Balaban J connectivity index is 1.57. The lowest BCUT2D eigenvalue weighted by molar-refractivity contribution is -0.130. The van der Waals surface area contributed by atoms with Crippen LogP contribution < -0.4 is 11.1 Å². The zero-order valence-electron chi connectivity index (χ0n) is 17.3. The van der Waals surface area contributed by atoms with Gasteiger partial charge in [-0.1, -0.05) is 30.3 Å². The predicted molar refractivity (Wildman–Crippen MR) is 121 cm³/mol. The molecule has 0 atom stereocenters. The number of benzene rings is 1. The summed E-state index contributed by atoms with van der Waals surface area (Å²) in [6, 6.07) is 13.4. The second kappa shape index (κ2) is 8.83. The molecule has 0 aliphatic carbocycles. The number of carbonyl (C=O) groups excluding carboxylic acids is 2. The number of nitrogens with zero attached hydrogens (tertiary/aromatic N) is 4. The van der Waals surface area contributed by atoms with Crippen molar-refractivity contribution < 1.29 is 9.59 Å². The lowest BCUT2D eigenvalue weighted by Crippen LogP contribution is -2.45. The van der Waals surface area contributed by atoms with Crippen molar-refractivity contribution >= 4 is 28.9 Å². The number of pyridine rings is 1. The molecule has 0 saturated carbocycles. The molecule has 3 heterocycles. The number of likely N-dealkylation sites (tertiary alicyclic amines) is 1. The van der Waals surface area contributed by atoms with Gasteiger partial charge in [0.25, 0.3) is 11.8 Å². The molecule has 0 unspecified atom stereocenters. The largest absolute Gasteiger partial charge is 0.404 e. The summed E-state index contributed by atoms with van der Waals surface area (Å²) in [5.41, 5.74) is 8.95. The van der Waals surface area contributed by atoms with Crippen LogP contribution in [0.3, 0.4) is 0 Å². The molecule has 1 aromatic carbocycles. The van der Waals surface area contributed by atoms with Crippen molar-refractivity contribution in [3.63, 3.8) is 0 Å². The van der Waals surface area contributed by atoms with E-state index in [0.29, 0.717) is 31.0 Å². The second-order valence-electron chi connectivity index (χ2n) is 7.18. The highest BCUT2D eigenvalue weighted by atomic mass is 16.2. The quantitative estimate of drug-likeness (QED) is 0.476. The van der Waals surface area contributed by atoms with Crippen LogP contribution >= 0.6 is 0 Å². The summed E-state index contributed by atoms with van der Waals surface area (Å²) in [5.74, 6) is -0.751. The zero-order valence-corrected chi connectivity index (χ0v) is 17.3. The summed E-state index contributed by atoms with van der Waals surface area (Å²) < 4.78 is 1.89. The Labute approximate surface area is 180 Å². The molecular weight excluding hydrogens is 392 g/mol. The Hall–Kier alpha value is -3.94. The van der Waals surface area contributed by atoms with Gasteiger partial charge in [-0.25, -0.2) is 4.98 Å². The summed E-state index contributed by atoms with van der Waals surface area (Å²) >= 11 is 0. The summed E-state index contributed by atoms with van der Waals surface area (Å²) in [5, 5.41) is 2.82. The predicted octanol–water partition coefficient (Wildman–Crippen LogP) is 2.48. The topological polar surface area (TPSA) is 105 Å². The monoisotopic (exact) mass is 416 g/mol. The smallest absolute Gasteiger partial charge is 0.274 e. The highest BCUT2D eigenvalue weighted by molar-refractivity contribution is 6.54. The van der Waals surface area contributed by atoms with Crippen LogP contribution in [0.1, 0.15) is 13.3 Å². The van der Waals surface area contributed by atoms with Crippen LogP contribution in [0.2, 0.25) is 0 Å². The summed E-state index contributed by atoms with van der Waals surface area (Å²) in [7, 11) is 0. The zero-order chi connectivity index (χ0) is 21.8. The molecule has 1 aliphatic heterocycles. The second-order valence-corrected chi connectivity index (χ2v) is 7.18. The fraction of sp³-hybridized carbons (Fsp3) is 0.217. The van der Waals surface area contributed by atoms with E-state index in [2.05, 4.69) is 15.3 Å². The molecular formula is C23H24N6O2. The molecule has 0 radical (unpaired) electrons. The standard InChI is InChI=1S/C23H24N6O2/c1-2-25-21(18(14-24)23(31)28-10-6-11-28)22(30)26-17-9-12-29-15-19(27-20(29)13-17)16-7-4-3-5-8-16/h3-5,7-9,12-15H,2,6,10-11,24H2,1H3,(H,26,30). The Morgan fingerprint density at radius 2 is 2.00 bits per heavy atom. The van der Waals surface area contributed by atoms with Crippen LogP contribution in [0.4, 0.5) is 5.69 Å². The Bertz CT molecular complexity index is 1180. The van der Waals surface area contributed by atoms with Gasteiger partial charge in [-0.05, 0) is 19.4 Å². The van der Waals surface area contributed by atoms with Gasteiger partial charge in [-0.15, -0.1) is 0 Å². The molecule has 2 amide bonds. The van der Waals surface area contributed by atoms with Crippen molar-refractivity contribution in [3.8, 4) is 11.3 Å². The van der Waals surface area contributed by atoms with Gasteiger partial charge in [0.1, 0.15) is 11.4 Å². The van der Waals surface area contributed by atoms with Gasteiger partial charge in [0.2, 0.25) is 0 Å². The molecule has 2 aromatic heterocycles. The lowest BCUT2D eigenvalue weighted by Gasteiger charge is -2.31. The van der Waals surface area contributed by atoms with Crippen molar-refractivity contribution in [1.82, 2.24) is 14.3 Å². The van der Waals surface area contributed by atoms with Crippen LogP contribution in [0.15, 0.2) is 71.6 Å². The van der Waals surface area contributed by atoms with E-state index in [9.17, 15) is 9.59 Å². The van der Waals surface area contributed by atoms with Crippen molar-refractivity contribution in [3.05, 3.63) is 66.6 Å². The van der Waals surface area contributed by atoms with Gasteiger partial charge in [-0.3, -0.25) is 14.6 Å². The average molecular weight is 416 g/mol. The van der Waals surface area contributed by atoms with Crippen LogP contribution in [0, 0.1) is 0 Å². The maximum Gasteiger partial charge on any atom is 0.274 e. The molecule has 3 N–H and O–H groups in total. The van der Waals surface area contributed by atoms with Gasteiger partial charge in [-0.2, -0.15) is 0 Å². The summed E-state index contributed by atoms with van der Waals surface area (Å²) in [4.78, 5) is 36.2. The number of hydrogen-bond acceptors (Lipinski definition) is 5. The van der Waals surface area contributed by atoms with E-state index in [4.69, 9.17) is 5.73 Å². The maximum atomic E-state index is 13.0. The molecule has 31 heavy (non-hydrogen) atoms. The molecule has 1 aliphatic rings. The number of hydrogen-bond donors (Lipinski definition) is 2. The number of rotatable bonds is 6. The molecule has 158 valence electrons. The highest BCUT2D eigenvalue weighted by Crippen LogP contribution is 2.21. The molecule has 3 aromatic rings. The first-order valence-corrected chi connectivity index (χ1v) is 10.2. The Kier molecular flexibility index (Phi) is 5.79. The summed E-state index contributed by atoms with van der Waals surface area (Å²) in [6.45, 7) is 3.49. The minimum Gasteiger partial charge on any atom is -0.404 e. The molecule has 8 heteroatoms. The van der Waals surface area contributed by atoms with Crippen molar-refractivity contribution in [2.75, 3.05) is 25.0 Å². The Morgan fingerprint density at radius 3 is 2.65 bits per heavy atom. The number of aromatic nitrogens is 2. The van der Waals surface area contributed by atoms with Gasteiger partial charge in [0.05, 0.1) is 11.3 Å². The first kappa shape index (κ1) is 20.3. The number of anilines is 1. The van der Waals surface area contributed by atoms with Crippen LogP contribution in [0.25, 0.3) is 16.9 Å². The van der Waals surface area contributed by atoms with Crippen molar-refractivity contribution in [2.24, 2.45) is 10.7 Å². The number of imidazole rings is 1. The number of aliphatic imine (C=N–C) groups is 1. The van der Waals surface area contributed by atoms with E-state index < -0.39 is 5.91 Å². The van der Waals surface area contributed by atoms with Gasteiger partial charge >= 0.3 is 0 Å². The lowest BCUT2D eigenvalue weighted by atomic mass is 10.1. The normalized spacial score (nSPS) is 14.4. The maximum absolute atomic E-state index is 13.0. The van der Waals surface area contributed by atoms with Crippen LogP contribution in [0.5, 0.6) is 0 Å². The minimum atomic E-state index is -0.480. The van der Waals surface area contributed by atoms with Crippen molar-refractivity contribution in [1.29, 1.82) is 0 Å². The number of nitrogens with two attached hydrogens (primary N) is 1. The molecule has 8 nitrogen and oxygen atoms in total. The van der Waals surface area contributed by atoms with E-state index in [1.165, 1.54) is 6.20 Å². The van der Waals surface area contributed by atoms with Crippen LogP contribution in [-0.4, -0.2) is 51.4 Å². The average Bonchev–Trinajstić information content (AvgIpc) is 3.16. The molecule has 4 rings (SSSR count).